The minimum absolute atomic E-state index is 0.0880. The summed E-state index contributed by atoms with van der Waals surface area (Å²) >= 11 is 0. The maximum absolute atomic E-state index is 11.9. The van der Waals surface area contributed by atoms with Crippen LogP contribution >= 0.6 is 0 Å². The maximum atomic E-state index is 11.9. The van der Waals surface area contributed by atoms with Crippen LogP contribution in [0.1, 0.15) is 18.1 Å². The van der Waals surface area contributed by atoms with E-state index in [0.717, 1.165) is 22.6 Å². The molecular weight excluding hydrogens is 292 g/mol. The van der Waals surface area contributed by atoms with Crippen molar-refractivity contribution in [3.8, 4) is 11.5 Å². The molecule has 5 nitrogen and oxygen atoms in total. The molecule has 0 spiro atoms. The van der Waals surface area contributed by atoms with Gasteiger partial charge in [-0.3, -0.25) is 0 Å². The Morgan fingerprint density at radius 2 is 1.65 bits per heavy atom. The second-order valence-corrected chi connectivity index (χ2v) is 5.07. The van der Waals surface area contributed by atoms with E-state index < -0.39 is 0 Å². The van der Waals surface area contributed by atoms with Crippen molar-refractivity contribution in [2.24, 2.45) is 0 Å². The van der Waals surface area contributed by atoms with Crippen LogP contribution < -0.4 is 20.1 Å². The van der Waals surface area contributed by atoms with Gasteiger partial charge < -0.3 is 20.1 Å². The second-order valence-electron chi connectivity index (χ2n) is 5.07. The number of ether oxygens (including phenoxy) is 2. The number of nitrogens with one attached hydrogen (secondary N) is 2. The molecule has 0 saturated carbocycles. The summed E-state index contributed by atoms with van der Waals surface area (Å²) in [5.74, 6) is 1.46. The Bertz CT molecular complexity index is 654. The quantitative estimate of drug-likeness (QED) is 0.796. The van der Waals surface area contributed by atoms with Gasteiger partial charge in [0, 0.05) is 5.69 Å². The summed E-state index contributed by atoms with van der Waals surface area (Å²) < 4.78 is 10.8. The summed E-state index contributed by atoms with van der Waals surface area (Å²) in [5.41, 5.74) is 2.98. The number of amides is 2. The zero-order valence-electron chi connectivity index (χ0n) is 13.7. The van der Waals surface area contributed by atoms with E-state index in [0.29, 0.717) is 12.4 Å². The van der Waals surface area contributed by atoms with E-state index in [-0.39, 0.29) is 12.8 Å². The molecule has 2 N–H and O–H groups in total. The van der Waals surface area contributed by atoms with Gasteiger partial charge >= 0.3 is 6.03 Å². The van der Waals surface area contributed by atoms with Crippen LogP contribution in [0, 0.1) is 13.8 Å². The fourth-order valence-electron chi connectivity index (χ4n) is 2.04. The Kier molecular flexibility index (Phi) is 5.86. The van der Waals surface area contributed by atoms with Crippen molar-refractivity contribution in [3.63, 3.8) is 0 Å². The SMILES string of the molecule is CCOc1ccc(OCNC(=O)Nc2cccc(C)c2C)cc1. The number of benzene rings is 2. The van der Waals surface area contributed by atoms with Gasteiger partial charge in [-0.1, -0.05) is 12.1 Å². The van der Waals surface area contributed by atoms with Gasteiger partial charge in [-0.2, -0.15) is 0 Å². The summed E-state index contributed by atoms with van der Waals surface area (Å²) in [6.07, 6.45) is 0. The number of aryl methyl sites for hydroxylation is 1. The van der Waals surface area contributed by atoms with E-state index in [1.54, 1.807) is 12.1 Å². The lowest BCUT2D eigenvalue weighted by atomic mass is 10.1. The Labute approximate surface area is 136 Å². The highest BCUT2D eigenvalue weighted by atomic mass is 16.5. The summed E-state index contributed by atoms with van der Waals surface area (Å²) in [6.45, 7) is 6.63. The van der Waals surface area contributed by atoms with Gasteiger partial charge in [0.25, 0.3) is 0 Å². The maximum Gasteiger partial charge on any atom is 0.321 e. The molecular formula is C18H22N2O3. The third-order valence-electron chi connectivity index (χ3n) is 3.46. The van der Waals surface area contributed by atoms with Gasteiger partial charge in [-0.25, -0.2) is 4.79 Å². The van der Waals surface area contributed by atoms with Gasteiger partial charge in [0.1, 0.15) is 11.5 Å². The van der Waals surface area contributed by atoms with Crippen LogP contribution in [0.25, 0.3) is 0 Å². The van der Waals surface area contributed by atoms with Gasteiger partial charge in [-0.05, 0) is 62.2 Å². The highest BCUT2D eigenvalue weighted by Crippen LogP contribution is 2.18. The molecule has 0 aliphatic carbocycles. The standard InChI is InChI=1S/C18H22N2O3/c1-4-22-15-8-10-16(11-9-15)23-12-19-18(21)20-17-7-5-6-13(2)14(17)3/h5-11H,4,12H2,1-3H3,(H2,19,20,21). The smallest absolute Gasteiger partial charge is 0.321 e. The molecule has 0 radical (unpaired) electrons. The third-order valence-corrected chi connectivity index (χ3v) is 3.46. The number of urea groups is 1. The molecule has 0 bridgehead atoms. The van der Waals surface area contributed by atoms with Crippen molar-refractivity contribution in [2.45, 2.75) is 20.8 Å². The zero-order chi connectivity index (χ0) is 16.7. The van der Waals surface area contributed by atoms with Gasteiger partial charge in [-0.15, -0.1) is 0 Å². The zero-order valence-corrected chi connectivity index (χ0v) is 13.7. The first-order valence-electron chi connectivity index (χ1n) is 7.57. The third kappa shape index (κ3) is 4.92. The summed E-state index contributed by atoms with van der Waals surface area (Å²) in [6, 6.07) is 12.7. The van der Waals surface area contributed by atoms with Crippen molar-refractivity contribution >= 4 is 11.7 Å². The predicted molar refractivity (Wildman–Crippen MR) is 91.2 cm³/mol. The molecule has 0 fully saturated rings. The minimum atomic E-state index is -0.301. The Balaban J connectivity index is 1.79. The van der Waals surface area contributed by atoms with E-state index in [1.165, 1.54) is 0 Å². The highest BCUT2D eigenvalue weighted by Gasteiger charge is 2.05. The number of hydrogen-bond acceptors (Lipinski definition) is 3. The first-order chi connectivity index (χ1) is 11.1. The average Bonchev–Trinajstić information content (AvgIpc) is 2.54. The average molecular weight is 314 g/mol. The normalized spacial score (nSPS) is 10.0. The fraction of sp³-hybridized carbons (Fsp3) is 0.278. The monoisotopic (exact) mass is 314 g/mol. The second kappa shape index (κ2) is 8.08. The molecule has 0 aliphatic rings. The van der Waals surface area contributed by atoms with Crippen molar-refractivity contribution in [2.75, 3.05) is 18.7 Å². The first kappa shape index (κ1) is 16.7. The molecule has 0 unspecified atom stereocenters. The Morgan fingerprint density at radius 3 is 2.30 bits per heavy atom. The van der Waals surface area contributed by atoms with Crippen LogP contribution in [0.3, 0.4) is 0 Å². The number of carbonyl (C=O) groups is 1. The van der Waals surface area contributed by atoms with Crippen LogP contribution in [-0.2, 0) is 0 Å². The van der Waals surface area contributed by atoms with E-state index in [1.807, 2.05) is 51.1 Å². The fourth-order valence-corrected chi connectivity index (χ4v) is 2.04. The van der Waals surface area contributed by atoms with Crippen molar-refractivity contribution < 1.29 is 14.3 Å². The van der Waals surface area contributed by atoms with Crippen LogP contribution in [0.4, 0.5) is 10.5 Å². The first-order valence-corrected chi connectivity index (χ1v) is 7.57. The molecule has 5 heteroatoms. The lowest BCUT2D eigenvalue weighted by Gasteiger charge is -2.12. The Morgan fingerprint density at radius 1 is 1.00 bits per heavy atom. The Hall–Kier alpha value is -2.69. The van der Waals surface area contributed by atoms with Gasteiger partial charge in [0.15, 0.2) is 6.73 Å². The molecule has 23 heavy (non-hydrogen) atoms. The molecule has 2 amide bonds. The topological polar surface area (TPSA) is 59.6 Å². The molecule has 2 aromatic carbocycles. The molecule has 2 rings (SSSR count). The summed E-state index contributed by atoms with van der Waals surface area (Å²) in [7, 11) is 0. The van der Waals surface area contributed by atoms with E-state index in [4.69, 9.17) is 9.47 Å². The van der Waals surface area contributed by atoms with E-state index in [2.05, 4.69) is 10.6 Å². The molecule has 0 heterocycles. The molecule has 2 aromatic rings. The lowest BCUT2D eigenvalue weighted by Crippen LogP contribution is -2.32. The molecule has 122 valence electrons. The molecule has 0 atom stereocenters. The number of carbonyl (C=O) groups excluding carboxylic acids is 1. The van der Waals surface area contributed by atoms with Gasteiger partial charge in [0.2, 0.25) is 0 Å². The highest BCUT2D eigenvalue weighted by molar-refractivity contribution is 5.90. The van der Waals surface area contributed by atoms with E-state index >= 15 is 0 Å². The number of hydrogen-bond donors (Lipinski definition) is 2. The van der Waals surface area contributed by atoms with E-state index in [9.17, 15) is 4.79 Å². The largest absolute Gasteiger partial charge is 0.494 e. The number of anilines is 1. The lowest BCUT2D eigenvalue weighted by molar-refractivity contribution is 0.234. The van der Waals surface area contributed by atoms with Crippen LogP contribution in [0.15, 0.2) is 42.5 Å². The predicted octanol–water partition coefficient (Wildman–Crippen LogP) is 3.86. The van der Waals surface area contributed by atoms with Crippen molar-refractivity contribution in [1.82, 2.24) is 5.32 Å². The minimum Gasteiger partial charge on any atom is -0.494 e. The van der Waals surface area contributed by atoms with Crippen molar-refractivity contribution in [1.29, 1.82) is 0 Å². The van der Waals surface area contributed by atoms with Crippen LogP contribution in [0.5, 0.6) is 11.5 Å². The number of rotatable bonds is 6. The van der Waals surface area contributed by atoms with Gasteiger partial charge in [0.05, 0.1) is 6.61 Å². The summed E-state index contributed by atoms with van der Waals surface area (Å²) in [4.78, 5) is 11.9. The van der Waals surface area contributed by atoms with Crippen LogP contribution in [0.2, 0.25) is 0 Å². The van der Waals surface area contributed by atoms with Crippen molar-refractivity contribution in [3.05, 3.63) is 53.6 Å². The summed E-state index contributed by atoms with van der Waals surface area (Å²) in [5, 5.41) is 5.48. The molecule has 0 aliphatic heterocycles. The molecule has 0 saturated heterocycles. The van der Waals surface area contributed by atoms with Crippen LogP contribution in [-0.4, -0.2) is 19.4 Å². The molecule has 0 aromatic heterocycles.